The van der Waals surface area contributed by atoms with Gasteiger partial charge in [-0.2, -0.15) is 0 Å². The van der Waals surface area contributed by atoms with Crippen LogP contribution in [0.2, 0.25) is 0 Å². The van der Waals surface area contributed by atoms with Crippen LogP contribution in [0.3, 0.4) is 0 Å². The molecule has 0 radical (unpaired) electrons. The molecule has 1 aromatic carbocycles. The van der Waals surface area contributed by atoms with Crippen molar-refractivity contribution in [2.45, 2.75) is 0 Å². The van der Waals surface area contributed by atoms with Gasteiger partial charge in [-0.3, -0.25) is 4.98 Å². The summed E-state index contributed by atoms with van der Waals surface area (Å²) in [5, 5.41) is 8.28. The molecule has 0 atom stereocenters. The van der Waals surface area contributed by atoms with Crippen molar-refractivity contribution in [2.24, 2.45) is 0 Å². The average molecular weight is 252 g/mol. The van der Waals surface area contributed by atoms with E-state index >= 15 is 0 Å². The fourth-order valence-electron chi connectivity index (χ4n) is 1.78. The summed E-state index contributed by atoms with van der Waals surface area (Å²) in [5.74, 6) is 0.818. The molecule has 2 aromatic heterocycles. The molecule has 3 aromatic rings. The monoisotopic (exact) mass is 252 g/mol. The molecule has 0 unspecified atom stereocenters. The lowest BCUT2D eigenvalue weighted by Gasteiger charge is -2.02. The Morgan fingerprint density at radius 1 is 1.00 bits per heavy atom. The number of methoxy groups -OCH3 is 1. The molecule has 19 heavy (non-hydrogen) atoms. The Balaban J connectivity index is 1.92. The Hall–Kier alpha value is -2.69. The number of hydrogen-bond acceptors (Lipinski definition) is 4. The largest absolute Gasteiger partial charge is 0.497 e. The van der Waals surface area contributed by atoms with Crippen LogP contribution in [-0.4, -0.2) is 27.1 Å². The fraction of sp³-hybridized carbons (Fsp3) is 0.0714. The van der Waals surface area contributed by atoms with Crippen molar-refractivity contribution in [3.05, 3.63) is 55.0 Å². The van der Waals surface area contributed by atoms with Crippen LogP contribution in [-0.2, 0) is 0 Å². The summed E-state index contributed by atoms with van der Waals surface area (Å²) in [4.78, 5) is 3.99. The van der Waals surface area contributed by atoms with Crippen molar-refractivity contribution in [1.29, 1.82) is 0 Å². The van der Waals surface area contributed by atoms with Crippen LogP contribution >= 0.6 is 0 Å². The van der Waals surface area contributed by atoms with Crippen LogP contribution < -0.4 is 4.74 Å². The summed E-state index contributed by atoms with van der Waals surface area (Å²) in [6, 6.07) is 11.5. The highest BCUT2D eigenvalue weighted by Crippen LogP contribution is 2.18. The van der Waals surface area contributed by atoms with Crippen LogP contribution in [0.4, 0.5) is 0 Å². The standard InChI is InChI=1S/C14H12N4O/c1-19-13-4-2-12(3-5-13)18-10-14(16-17-18)11-6-8-15-9-7-11/h2-10H,1H3. The number of aromatic nitrogens is 4. The molecular weight excluding hydrogens is 240 g/mol. The molecule has 0 N–H and O–H groups in total. The number of pyridine rings is 1. The van der Waals surface area contributed by atoms with Crippen molar-refractivity contribution in [2.75, 3.05) is 7.11 Å². The maximum Gasteiger partial charge on any atom is 0.119 e. The number of hydrogen-bond donors (Lipinski definition) is 0. The summed E-state index contributed by atoms with van der Waals surface area (Å²) in [5.41, 5.74) is 2.75. The first-order valence-electron chi connectivity index (χ1n) is 5.84. The van der Waals surface area contributed by atoms with Crippen molar-refractivity contribution in [3.63, 3.8) is 0 Å². The molecule has 5 nitrogen and oxygen atoms in total. The second-order valence-electron chi connectivity index (χ2n) is 3.98. The zero-order chi connectivity index (χ0) is 13.1. The maximum absolute atomic E-state index is 5.13. The normalized spacial score (nSPS) is 10.4. The Labute approximate surface area is 110 Å². The van der Waals surface area contributed by atoms with E-state index in [9.17, 15) is 0 Å². The zero-order valence-electron chi connectivity index (χ0n) is 10.4. The van der Waals surface area contributed by atoms with Crippen LogP contribution in [0.25, 0.3) is 16.9 Å². The minimum absolute atomic E-state index is 0.818. The first-order chi connectivity index (χ1) is 9.36. The van der Waals surface area contributed by atoms with E-state index in [1.54, 1.807) is 24.2 Å². The van der Waals surface area contributed by atoms with Gasteiger partial charge in [0, 0.05) is 18.0 Å². The Morgan fingerprint density at radius 3 is 2.42 bits per heavy atom. The molecule has 0 aliphatic heterocycles. The van der Waals surface area contributed by atoms with Crippen LogP contribution in [0.5, 0.6) is 5.75 Å². The summed E-state index contributed by atoms with van der Waals surface area (Å²) in [7, 11) is 1.64. The second-order valence-corrected chi connectivity index (χ2v) is 3.98. The Kier molecular flexibility index (Phi) is 2.94. The van der Waals surface area contributed by atoms with Gasteiger partial charge in [0.25, 0.3) is 0 Å². The molecule has 0 amide bonds. The second kappa shape index (κ2) is 4.89. The molecule has 0 bridgehead atoms. The lowest BCUT2D eigenvalue weighted by atomic mass is 10.2. The third-order valence-electron chi connectivity index (χ3n) is 2.81. The van der Waals surface area contributed by atoms with E-state index in [0.29, 0.717) is 0 Å². The molecular formula is C14H12N4O. The van der Waals surface area contributed by atoms with Gasteiger partial charge >= 0.3 is 0 Å². The summed E-state index contributed by atoms with van der Waals surface area (Å²) < 4.78 is 6.86. The molecule has 0 spiro atoms. The molecule has 3 rings (SSSR count). The predicted octanol–water partition coefficient (Wildman–Crippen LogP) is 2.34. The Bertz CT molecular complexity index is 661. The van der Waals surface area contributed by atoms with Gasteiger partial charge in [-0.15, -0.1) is 5.10 Å². The number of ether oxygens (including phenoxy) is 1. The lowest BCUT2D eigenvalue weighted by Crippen LogP contribution is -1.94. The minimum Gasteiger partial charge on any atom is -0.497 e. The van der Waals surface area contributed by atoms with Crippen molar-refractivity contribution >= 4 is 0 Å². The first kappa shape index (κ1) is 11.4. The first-order valence-corrected chi connectivity index (χ1v) is 5.84. The van der Waals surface area contributed by atoms with E-state index < -0.39 is 0 Å². The van der Waals surface area contributed by atoms with E-state index in [0.717, 1.165) is 22.7 Å². The van der Waals surface area contributed by atoms with E-state index in [2.05, 4.69) is 15.3 Å². The van der Waals surface area contributed by atoms with Gasteiger partial charge in [0.05, 0.1) is 19.0 Å². The highest BCUT2D eigenvalue weighted by Gasteiger charge is 2.04. The summed E-state index contributed by atoms with van der Waals surface area (Å²) in [6.45, 7) is 0. The van der Waals surface area contributed by atoms with Crippen LogP contribution in [0.1, 0.15) is 0 Å². The predicted molar refractivity (Wildman–Crippen MR) is 71.1 cm³/mol. The average Bonchev–Trinajstić information content (AvgIpc) is 2.98. The van der Waals surface area contributed by atoms with Crippen molar-refractivity contribution in [1.82, 2.24) is 20.0 Å². The van der Waals surface area contributed by atoms with Gasteiger partial charge in [-0.1, -0.05) is 5.21 Å². The maximum atomic E-state index is 5.13. The molecule has 94 valence electrons. The highest BCUT2D eigenvalue weighted by molar-refractivity contribution is 5.57. The van der Waals surface area contributed by atoms with Crippen molar-refractivity contribution in [3.8, 4) is 22.7 Å². The molecule has 0 aliphatic rings. The summed E-state index contributed by atoms with van der Waals surface area (Å²) in [6.07, 6.45) is 5.36. The van der Waals surface area contributed by atoms with Crippen LogP contribution in [0.15, 0.2) is 55.0 Å². The molecule has 0 saturated carbocycles. The third-order valence-corrected chi connectivity index (χ3v) is 2.81. The third kappa shape index (κ3) is 2.30. The van der Waals surface area contributed by atoms with Gasteiger partial charge in [0.1, 0.15) is 11.4 Å². The fourth-order valence-corrected chi connectivity index (χ4v) is 1.78. The van der Waals surface area contributed by atoms with Gasteiger partial charge in [-0.05, 0) is 36.4 Å². The molecule has 0 aliphatic carbocycles. The lowest BCUT2D eigenvalue weighted by molar-refractivity contribution is 0.414. The van der Waals surface area contributed by atoms with E-state index in [-0.39, 0.29) is 0 Å². The number of nitrogens with zero attached hydrogens (tertiary/aromatic N) is 4. The van der Waals surface area contributed by atoms with Gasteiger partial charge in [0.2, 0.25) is 0 Å². The van der Waals surface area contributed by atoms with Crippen molar-refractivity contribution < 1.29 is 4.74 Å². The van der Waals surface area contributed by atoms with E-state index in [1.165, 1.54) is 0 Å². The van der Waals surface area contributed by atoms with Gasteiger partial charge < -0.3 is 4.74 Å². The zero-order valence-corrected chi connectivity index (χ0v) is 10.4. The molecule has 0 saturated heterocycles. The smallest absolute Gasteiger partial charge is 0.119 e. The van der Waals surface area contributed by atoms with Crippen LogP contribution in [0, 0.1) is 0 Å². The Morgan fingerprint density at radius 2 is 1.74 bits per heavy atom. The van der Waals surface area contributed by atoms with Gasteiger partial charge in [-0.25, -0.2) is 4.68 Å². The quantitative estimate of drug-likeness (QED) is 0.718. The van der Waals surface area contributed by atoms with E-state index in [4.69, 9.17) is 4.74 Å². The highest BCUT2D eigenvalue weighted by atomic mass is 16.5. The number of benzene rings is 1. The molecule has 5 heteroatoms. The van der Waals surface area contributed by atoms with Gasteiger partial charge in [0.15, 0.2) is 0 Å². The molecule has 0 fully saturated rings. The minimum atomic E-state index is 0.818. The van der Waals surface area contributed by atoms with E-state index in [1.807, 2.05) is 42.6 Å². The summed E-state index contributed by atoms with van der Waals surface area (Å²) >= 11 is 0. The number of rotatable bonds is 3. The molecule has 2 heterocycles. The topological polar surface area (TPSA) is 52.8 Å². The SMILES string of the molecule is COc1ccc(-n2cc(-c3ccncc3)nn2)cc1.